The van der Waals surface area contributed by atoms with Crippen LogP contribution in [0.1, 0.15) is 16.1 Å². The van der Waals surface area contributed by atoms with Crippen LogP contribution in [0.4, 0.5) is 0 Å². The minimum absolute atomic E-state index is 0.187. The van der Waals surface area contributed by atoms with Gasteiger partial charge in [0.05, 0.1) is 14.2 Å². The molecule has 18 heavy (non-hydrogen) atoms. The summed E-state index contributed by atoms with van der Waals surface area (Å²) in [7, 11) is 3.07. The van der Waals surface area contributed by atoms with Gasteiger partial charge in [-0.15, -0.1) is 10.2 Å². The molecule has 0 amide bonds. The van der Waals surface area contributed by atoms with Crippen molar-refractivity contribution >= 4 is 5.78 Å². The van der Waals surface area contributed by atoms with Gasteiger partial charge in [-0.2, -0.15) is 0 Å². The first-order valence-electron chi connectivity index (χ1n) is 5.31. The summed E-state index contributed by atoms with van der Waals surface area (Å²) < 4.78 is 9.91. The fraction of sp³-hybridized carbons (Fsp3) is 0.154. The molecule has 0 unspecified atom stereocenters. The normalized spacial score (nSPS) is 9.89. The number of ketones is 1. The monoisotopic (exact) mass is 244 g/mol. The maximum Gasteiger partial charge on any atom is 0.233 e. The molecule has 1 heterocycles. The first-order chi connectivity index (χ1) is 8.74. The van der Waals surface area contributed by atoms with E-state index in [2.05, 4.69) is 10.2 Å². The van der Waals surface area contributed by atoms with Crippen LogP contribution in [0.15, 0.2) is 36.4 Å². The summed E-state index contributed by atoms with van der Waals surface area (Å²) in [5.41, 5.74) is 0.816. The largest absolute Gasteiger partial charge is 0.497 e. The van der Waals surface area contributed by atoms with Crippen molar-refractivity contribution in [2.75, 3.05) is 14.2 Å². The van der Waals surface area contributed by atoms with Crippen molar-refractivity contribution in [3.63, 3.8) is 0 Å². The van der Waals surface area contributed by atoms with Crippen molar-refractivity contribution in [2.24, 2.45) is 0 Å². The maximum atomic E-state index is 12.1. The third-order valence-corrected chi connectivity index (χ3v) is 2.43. The maximum absolute atomic E-state index is 12.1. The van der Waals surface area contributed by atoms with Crippen molar-refractivity contribution in [3.8, 4) is 11.6 Å². The van der Waals surface area contributed by atoms with E-state index >= 15 is 0 Å². The van der Waals surface area contributed by atoms with Crippen LogP contribution in [0.3, 0.4) is 0 Å². The van der Waals surface area contributed by atoms with Gasteiger partial charge in [0.1, 0.15) is 11.4 Å². The number of carbonyl (C=O) groups excluding carboxylic acids is 1. The minimum atomic E-state index is -0.187. The van der Waals surface area contributed by atoms with Gasteiger partial charge >= 0.3 is 0 Å². The fourth-order valence-electron chi connectivity index (χ4n) is 1.44. The Kier molecular flexibility index (Phi) is 3.52. The van der Waals surface area contributed by atoms with E-state index in [4.69, 9.17) is 9.47 Å². The first-order valence-corrected chi connectivity index (χ1v) is 5.31. The van der Waals surface area contributed by atoms with Crippen molar-refractivity contribution in [2.45, 2.75) is 0 Å². The Balaban J connectivity index is 2.23. The second-order valence-electron chi connectivity index (χ2n) is 3.52. The molecule has 0 spiro atoms. The van der Waals surface area contributed by atoms with Gasteiger partial charge in [0.25, 0.3) is 0 Å². The lowest BCUT2D eigenvalue weighted by Gasteiger charge is -2.02. The molecule has 0 radical (unpaired) electrons. The summed E-state index contributed by atoms with van der Waals surface area (Å²) in [5.74, 6) is 0.890. The van der Waals surface area contributed by atoms with Crippen LogP contribution in [-0.4, -0.2) is 30.2 Å². The third kappa shape index (κ3) is 2.45. The van der Waals surface area contributed by atoms with Gasteiger partial charge in [-0.25, -0.2) is 0 Å². The summed E-state index contributed by atoms with van der Waals surface area (Å²) in [6.07, 6.45) is 0. The number of nitrogens with zero attached hydrogens (tertiary/aromatic N) is 2. The van der Waals surface area contributed by atoms with E-state index in [9.17, 15) is 4.79 Å². The molecule has 0 bridgehead atoms. The molecule has 1 aromatic heterocycles. The molecular formula is C13H12N2O3. The number of methoxy groups -OCH3 is 2. The van der Waals surface area contributed by atoms with Crippen LogP contribution in [0.2, 0.25) is 0 Å². The van der Waals surface area contributed by atoms with E-state index in [1.807, 2.05) is 0 Å². The first kappa shape index (κ1) is 12.0. The van der Waals surface area contributed by atoms with E-state index in [-0.39, 0.29) is 11.5 Å². The molecular weight excluding hydrogens is 232 g/mol. The van der Waals surface area contributed by atoms with Gasteiger partial charge in [-0.3, -0.25) is 4.79 Å². The van der Waals surface area contributed by atoms with Gasteiger partial charge < -0.3 is 9.47 Å². The Labute approximate surface area is 104 Å². The molecule has 0 fully saturated rings. The van der Waals surface area contributed by atoms with Crippen LogP contribution in [0.5, 0.6) is 11.6 Å². The highest BCUT2D eigenvalue weighted by Crippen LogP contribution is 2.14. The third-order valence-electron chi connectivity index (χ3n) is 2.43. The van der Waals surface area contributed by atoms with Crippen molar-refractivity contribution in [1.82, 2.24) is 10.2 Å². The number of aromatic nitrogens is 2. The Morgan fingerprint density at radius 3 is 2.17 bits per heavy atom. The lowest BCUT2D eigenvalue weighted by Crippen LogP contribution is -2.05. The van der Waals surface area contributed by atoms with Crippen molar-refractivity contribution in [3.05, 3.63) is 47.7 Å². The van der Waals surface area contributed by atoms with Gasteiger partial charge in [0, 0.05) is 11.6 Å². The number of rotatable bonds is 4. The lowest BCUT2D eigenvalue weighted by atomic mass is 10.1. The second-order valence-corrected chi connectivity index (χ2v) is 3.52. The Bertz CT molecular complexity index is 486. The van der Waals surface area contributed by atoms with Gasteiger partial charge in [-0.05, 0) is 30.3 Å². The lowest BCUT2D eigenvalue weighted by molar-refractivity contribution is 0.103. The highest BCUT2D eigenvalue weighted by atomic mass is 16.5. The number of benzene rings is 1. The smallest absolute Gasteiger partial charge is 0.233 e. The molecule has 0 aliphatic rings. The minimum Gasteiger partial charge on any atom is -0.497 e. The van der Waals surface area contributed by atoms with E-state index in [0.717, 1.165) is 0 Å². The quantitative estimate of drug-likeness (QED) is 0.766. The van der Waals surface area contributed by atoms with Crippen LogP contribution >= 0.6 is 0 Å². The summed E-state index contributed by atoms with van der Waals surface area (Å²) in [4.78, 5) is 12.1. The number of ether oxygens (including phenoxy) is 2. The van der Waals surface area contributed by atoms with E-state index in [1.54, 1.807) is 43.5 Å². The van der Waals surface area contributed by atoms with Crippen LogP contribution < -0.4 is 9.47 Å². The summed E-state index contributed by atoms with van der Waals surface area (Å²) in [5, 5.41) is 7.57. The van der Waals surface area contributed by atoms with Crippen LogP contribution in [0, 0.1) is 0 Å². The van der Waals surface area contributed by atoms with E-state index < -0.39 is 0 Å². The van der Waals surface area contributed by atoms with E-state index in [0.29, 0.717) is 17.2 Å². The van der Waals surface area contributed by atoms with Gasteiger partial charge in [0.15, 0.2) is 0 Å². The molecule has 0 N–H and O–H groups in total. The standard InChI is InChI=1S/C13H12N2O3/c1-17-10-5-3-9(4-6-10)13(16)11-7-8-12(18-2)15-14-11/h3-8H,1-2H3. The Morgan fingerprint density at radius 1 is 0.944 bits per heavy atom. The molecule has 0 aliphatic heterocycles. The SMILES string of the molecule is COc1ccc(C(=O)c2ccc(OC)nn2)cc1. The predicted molar refractivity (Wildman–Crippen MR) is 65.0 cm³/mol. The van der Waals surface area contributed by atoms with Crippen LogP contribution in [0.25, 0.3) is 0 Å². The molecule has 2 rings (SSSR count). The van der Waals surface area contributed by atoms with E-state index in [1.165, 1.54) is 7.11 Å². The molecule has 5 heteroatoms. The number of hydrogen-bond donors (Lipinski definition) is 0. The molecule has 5 nitrogen and oxygen atoms in total. The van der Waals surface area contributed by atoms with Crippen molar-refractivity contribution in [1.29, 1.82) is 0 Å². The molecule has 0 saturated carbocycles. The predicted octanol–water partition coefficient (Wildman–Crippen LogP) is 1.72. The average Bonchev–Trinajstić information content (AvgIpc) is 2.47. The zero-order chi connectivity index (χ0) is 13.0. The highest BCUT2D eigenvalue weighted by molar-refractivity contribution is 6.07. The molecule has 1 aromatic carbocycles. The summed E-state index contributed by atoms with van der Waals surface area (Å²) in [6, 6.07) is 10.0. The molecule has 92 valence electrons. The second kappa shape index (κ2) is 5.27. The Morgan fingerprint density at radius 2 is 1.67 bits per heavy atom. The average molecular weight is 244 g/mol. The highest BCUT2D eigenvalue weighted by Gasteiger charge is 2.11. The molecule has 0 saturated heterocycles. The number of carbonyl (C=O) groups is 1. The van der Waals surface area contributed by atoms with Crippen molar-refractivity contribution < 1.29 is 14.3 Å². The topological polar surface area (TPSA) is 61.3 Å². The zero-order valence-corrected chi connectivity index (χ0v) is 10.1. The fourth-order valence-corrected chi connectivity index (χ4v) is 1.44. The summed E-state index contributed by atoms with van der Waals surface area (Å²) in [6.45, 7) is 0. The zero-order valence-electron chi connectivity index (χ0n) is 10.1. The molecule has 2 aromatic rings. The van der Waals surface area contributed by atoms with Gasteiger partial charge in [-0.1, -0.05) is 0 Å². The Hall–Kier alpha value is -2.43. The molecule has 0 aliphatic carbocycles. The summed E-state index contributed by atoms with van der Waals surface area (Å²) >= 11 is 0. The van der Waals surface area contributed by atoms with Gasteiger partial charge in [0.2, 0.25) is 11.7 Å². The molecule has 0 atom stereocenters. The number of hydrogen-bond acceptors (Lipinski definition) is 5. The van der Waals surface area contributed by atoms with Crippen LogP contribution in [-0.2, 0) is 0 Å².